The van der Waals surface area contributed by atoms with Crippen LogP contribution in [0.5, 0.6) is 0 Å². The Hall–Kier alpha value is -3.33. The van der Waals surface area contributed by atoms with Gasteiger partial charge in [0.1, 0.15) is 17.4 Å². The SMILES string of the molecule is Cc1ccc(C(=O)O)cc1Nc1ncnc2cnc(N(C)CCN(C)C)nc12. The van der Waals surface area contributed by atoms with E-state index in [0.717, 1.165) is 18.7 Å². The minimum Gasteiger partial charge on any atom is -0.478 e. The summed E-state index contributed by atoms with van der Waals surface area (Å²) in [7, 11) is 5.96. The smallest absolute Gasteiger partial charge is 0.335 e. The summed E-state index contributed by atoms with van der Waals surface area (Å²) >= 11 is 0. The van der Waals surface area contributed by atoms with E-state index in [-0.39, 0.29) is 5.56 Å². The molecule has 0 saturated heterocycles. The lowest BCUT2D eigenvalue weighted by molar-refractivity contribution is 0.0697. The van der Waals surface area contributed by atoms with Crippen molar-refractivity contribution in [2.24, 2.45) is 0 Å². The number of fused-ring (bicyclic) bond motifs is 1. The van der Waals surface area contributed by atoms with E-state index >= 15 is 0 Å². The maximum absolute atomic E-state index is 11.3. The minimum atomic E-state index is -0.984. The van der Waals surface area contributed by atoms with E-state index in [1.54, 1.807) is 24.4 Å². The third-order valence-corrected chi connectivity index (χ3v) is 4.33. The number of aryl methyl sites for hydroxylation is 1. The summed E-state index contributed by atoms with van der Waals surface area (Å²) in [6.07, 6.45) is 3.09. The summed E-state index contributed by atoms with van der Waals surface area (Å²) in [6, 6.07) is 4.91. The fraction of sp³-hybridized carbons (Fsp3) is 0.316. The van der Waals surface area contributed by atoms with E-state index in [4.69, 9.17) is 0 Å². The standard InChI is InChI=1S/C19H23N7O2/c1-12-5-6-13(18(27)28)9-14(12)23-17-16-15(21-11-22-17)10-20-19(24-16)26(4)8-7-25(2)3/h5-6,9-11H,7-8H2,1-4H3,(H,27,28)(H,21,22,23). The number of likely N-dealkylation sites (N-methyl/N-ethyl adjacent to an activating group) is 2. The van der Waals surface area contributed by atoms with E-state index in [1.807, 2.05) is 33.0 Å². The van der Waals surface area contributed by atoms with Crippen molar-refractivity contribution in [1.29, 1.82) is 0 Å². The number of carboxylic acids is 1. The van der Waals surface area contributed by atoms with Crippen LogP contribution in [0.15, 0.2) is 30.7 Å². The molecule has 0 radical (unpaired) electrons. The first-order chi connectivity index (χ1) is 13.3. The number of aromatic carboxylic acids is 1. The van der Waals surface area contributed by atoms with Gasteiger partial charge in [-0.25, -0.2) is 24.7 Å². The van der Waals surface area contributed by atoms with Gasteiger partial charge in [0.2, 0.25) is 5.95 Å². The lowest BCUT2D eigenvalue weighted by Crippen LogP contribution is -2.29. The highest BCUT2D eigenvalue weighted by atomic mass is 16.4. The molecule has 0 saturated carbocycles. The Bertz CT molecular complexity index is 1010. The largest absolute Gasteiger partial charge is 0.478 e. The van der Waals surface area contributed by atoms with Crippen molar-refractivity contribution >= 4 is 34.5 Å². The molecular formula is C19H23N7O2. The number of aromatic nitrogens is 4. The van der Waals surface area contributed by atoms with E-state index in [1.165, 1.54) is 6.33 Å². The zero-order chi connectivity index (χ0) is 20.3. The lowest BCUT2D eigenvalue weighted by Gasteiger charge is -2.20. The highest BCUT2D eigenvalue weighted by Gasteiger charge is 2.13. The molecule has 0 bridgehead atoms. The number of benzene rings is 1. The van der Waals surface area contributed by atoms with Gasteiger partial charge in [-0.05, 0) is 38.7 Å². The Morgan fingerprint density at radius 2 is 1.93 bits per heavy atom. The second kappa shape index (κ2) is 8.13. The number of hydrogen-bond acceptors (Lipinski definition) is 8. The molecule has 0 amide bonds. The highest BCUT2D eigenvalue weighted by Crippen LogP contribution is 2.25. The third-order valence-electron chi connectivity index (χ3n) is 4.33. The van der Waals surface area contributed by atoms with Gasteiger partial charge in [0.25, 0.3) is 0 Å². The zero-order valence-electron chi connectivity index (χ0n) is 16.3. The van der Waals surface area contributed by atoms with Crippen LogP contribution in [-0.2, 0) is 0 Å². The summed E-state index contributed by atoms with van der Waals surface area (Å²) in [5.41, 5.74) is 2.93. The molecule has 9 nitrogen and oxygen atoms in total. The molecule has 3 rings (SSSR count). The third kappa shape index (κ3) is 4.32. The molecule has 0 atom stereocenters. The number of carbonyl (C=O) groups is 1. The number of nitrogens with zero attached hydrogens (tertiary/aromatic N) is 6. The zero-order valence-corrected chi connectivity index (χ0v) is 16.3. The molecule has 2 aromatic heterocycles. The lowest BCUT2D eigenvalue weighted by atomic mass is 10.1. The Morgan fingerprint density at radius 3 is 2.64 bits per heavy atom. The minimum absolute atomic E-state index is 0.199. The van der Waals surface area contributed by atoms with Crippen molar-refractivity contribution in [1.82, 2.24) is 24.8 Å². The Labute approximate surface area is 163 Å². The Balaban J connectivity index is 1.96. The quantitative estimate of drug-likeness (QED) is 0.636. The number of hydrogen-bond donors (Lipinski definition) is 2. The molecule has 0 aliphatic rings. The number of rotatable bonds is 7. The maximum Gasteiger partial charge on any atom is 0.335 e. The number of carboxylic acid groups (broad SMARTS) is 1. The average molecular weight is 381 g/mol. The highest BCUT2D eigenvalue weighted by molar-refractivity contribution is 5.91. The molecule has 0 unspecified atom stereocenters. The van der Waals surface area contributed by atoms with Gasteiger partial charge in [-0.3, -0.25) is 0 Å². The van der Waals surface area contributed by atoms with Crippen LogP contribution in [0.3, 0.4) is 0 Å². The van der Waals surface area contributed by atoms with Gasteiger partial charge in [-0.1, -0.05) is 6.07 Å². The molecule has 146 valence electrons. The van der Waals surface area contributed by atoms with Crippen LogP contribution >= 0.6 is 0 Å². The van der Waals surface area contributed by atoms with Gasteiger partial charge >= 0.3 is 5.97 Å². The van der Waals surface area contributed by atoms with E-state index in [9.17, 15) is 9.90 Å². The molecule has 1 aromatic carbocycles. The number of anilines is 3. The van der Waals surface area contributed by atoms with Gasteiger partial charge < -0.3 is 20.2 Å². The van der Waals surface area contributed by atoms with E-state index in [0.29, 0.717) is 28.5 Å². The van der Waals surface area contributed by atoms with Crippen LogP contribution in [-0.4, -0.2) is 70.1 Å². The molecular weight excluding hydrogens is 358 g/mol. The normalized spacial score (nSPS) is 11.0. The second-order valence-corrected chi connectivity index (χ2v) is 6.81. The average Bonchev–Trinajstić information content (AvgIpc) is 2.67. The van der Waals surface area contributed by atoms with E-state index in [2.05, 4.69) is 30.2 Å². The first-order valence-corrected chi connectivity index (χ1v) is 8.79. The molecule has 2 N–H and O–H groups in total. The first-order valence-electron chi connectivity index (χ1n) is 8.79. The molecule has 0 aliphatic heterocycles. The van der Waals surface area contributed by atoms with Crippen molar-refractivity contribution in [3.8, 4) is 0 Å². The first kappa shape index (κ1) is 19.4. The van der Waals surface area contributed by atoms with Crippen molar-refractivity contribution in [2.75, 3.05) is 44.4 Å². The van der Waals surface area contributed by atoms with Gasteiger partial charge in [-0.15, -0.1) is 0 Å². The second-order valence-electron chi connectivity index (χ2n) is 6.81. The van der Waals surface area contributed by atoms with E-state index < -0.39 is 5.97 Å². The monoisotopic (exact) mass is 381 g/mol. The summed E-state index contributed by atoms with van der Waals surface area (Å²) in [5.74, 6) is 0.0891. The van der Waals surface area contributed by atoms with Crippen LogP contribution in [0, 0.1) is 6.92 Å². The Kier molecular flexibility index (Phi) is 5.65. The predicted molar refractivity (Wildman–Crippen MR) is 108 cm³/mol. The molecule has 0 aliphatic carbocycles. The van der Waals surface area contributed by atoms with Crippen LogP contribution < -0.4 is 10.2 Å². The molecule has 0 fully saturated rings. The predicted octanol–water partition coefficient (Wildman–Crippen LogP) is 2.17. The Morgan fingerprint density at radius 1 is 1.14 bits per heavy atom. The van der Waals surface area contributed by atoms with Crippen molar-refractivity contribution in [3.05, 3.63) is 41.9 Å². The molecule has 2 heterocycles. The van der Waals surface area contributed by atoms with Crippen molar-refractivity contribution in [2.45, 2.75) is 6.92 Å². The fourth-order valence-corrected chi connectivity index (χ4v) is 2.59. The molecule has 28 heavy (non-hydrogen) atoms. The van der Waals surface area contributed by atoms with Crippen LogP contribution in [0.2, 0.25) is 0 Å². The van der Waals surface area contributed by atoms with Crippen molar-refractivity contribution in [3.63, 3.8) is 0 Å². The van der Waals surface area contributed by atoms with Gasteiger partial charge in [0, 0.05) is 25.8 Å². The van der Waals surface area contributed by atoms with Crippen LogP contribution in [0.25, 0.3) is 11.0 Å². The summed E-state index contributed by atoms with van der Waals surface area (Å²) in [4.78, 5) is 32.9. The molecule has 0 spiro atoms. The molecule has 9 heteroatoms. The fourth-order valence-electron chi connectivity index (χ4n) is 2.59. The molecule has 3 aromatic rings. The summed E-state index contributed by atoms with van der Waals surface area (Å²) in [6.45, 7) is 3.54. The van der Waals surface area contributed by atoms with Gasteiger partial charge in [-0.2, -0.15) is 0 Å². The van der Waals surface area contributed by atoms with Gasteiger partial charge in [0.05, 0.1) is 11.8 Å². The van der Waals surface area contributed by atoms with Crippen molar-refractivity contribution < 1.29 is 9.90 Å². The summed E-state index contributed by atoms with van der Waals surface area (Å²) < 4.78 is 0. The van der Waals surface area contributed by atoms with Gasteiger partial charge in [0.15, 0.2) is 5.82 Å². The van der Waals surface area contributed by atoms with Crippen LogP contribution in [0.4, 0.5) is 17.5 Å². The summed E-state index contributed by atoms with van der Waals surface area (Å²) in [5, 5.41) is 12.4. The van der Waals surface area contributed by atoms with Crippen LogP contribution in [0.1, 0.15) is 15.9 Å². The maximum atomic E-state index is 11.3. The topological polar surface area (TPSA) is 107 Å². The number of nitrogens with one attached hydrogen (secondary N) is 1.